The van der Waals surface area contributed by atoms with E-state index in [4.69, 9.17) is 9.47 Å². The summed E-state index contributed by atoms with van der Waals surface area (Å²) >= 11 is 1.72. The number of hydrogen-bond acceptors (Lipinski definition) is 5. The monoisotopic (exact) mass is 283 g/mol. The van der Waals surface area contributed by atoms with Gasteiger partial charge in [0, 0.05) is 19.1 Å². The average molecular weight is 283 g/mol. The van der Waals surface area contributed by atoms with Gasteiger partial charge in [-0.2, -0.15) is 11.3 Å². The molecule has 0 bridgehead atoms. The number of carbonyl (C=O) groups excluding carboxylic acids is 1. The Morgan fingerprint density at radius 2 is 2.42 bits per heavy atom. The Hall–Kier alpha value is -0.910. The molecule has 2 heterocycles. The van der Waals surface area contributed by atoms with Crippen molar-refractivity contribution in [2.24, 2.45) is 0 Å². The van der Waals surface area contributed by atoms with Crippen LogP contribution >= 0.6 is 11.3 Å². The van der Waals surface area contributed by atoms with Gasteiger partial charge in [0.1, 0.15) is 0 Å². The van der Waals surface area contributed by atoms with Crippen LogP contribution in [-0.4, -0.2) is 49.3 Å². The van der Waals surface area contributed by atoms with Gasteiger partial charge in [0.25, 0.3) is 0 Å². The lowest BCUT2D eigenvalue weighted by atomic mass is 10.1. The third-order valence-corrected chi connectivity index (χ3v) is 4.22. The molecule has 1 aromatic heterocycles. The van der Waals surface area contributed by atoms with E-state index in [1.165, 1.54) is 12.7 Å². The van der Waals surface area contributed by atoms with E-state index < -0.39 is 6.10 Å². The van der Waals surface area contributed by atoms with E-state index in [1.54, 1.807) is 11.3 Å². The smallest absolute Gasteiger partial charge is 0.336 e. The van der Waals surface area contributed by atoms with Crippen molar-refractivity contribution in [3.63, 3.8) is 0 Å². The molecule has 0 unspecified atom stereocenters. The molecule has 19 heavy (non-hydrogen) atoms. The van der Waals surface area contributed by atoms with E-state index in [2.05, 4.69) is 28.7 Å². The molecular formula is C14H21NO3S. The molecule has 4 nitrogen and oxygen atoms in total. The van der Waals surface area contributed by atoms with Crippen molar-refractivity contribution in [1.29, 1.82) is 0 Å². The zero-order valence-corrected chi connectivity index (χ0v) is 12.5. The Labute approximate surface area is 118 Å². The highest BCUT2D eigenvalue weighted by Gasteiger charge is 2.33. The van der Waals surface area contributed by atoms with Gasteiger partial charge in [0.2, 0.25) is 0 Å². The van der Waals surface area contributed by atoms with Crippen molar-refractivity contribution in [2.75, 3.05) is 20.2 Å². The predicted octanol–water partition coefficient (Wildman–Crippen LogP) is 1.94. The molecule has 106 valence electrons. The third-order valence-electron chi connectivity index (χ3n) is 3.49. The number of carbonyl (C=O) groups is 1. The second-order valence-corrected chi connectivity index (χ2v) is 5.88. The molecule has 0 radical (unpaired) electrons. The first-order chi connectivity index (χ1) is 9.10. The normalized spacial score (nSPS) is 26.1. The second-order valence-electron chi connectivity index (χ2n) is 5.10. The van der Waals surface area contributed by atoms with Gasteiger partial charge in [-0.15, -0.1) is 0 Å². The highest BCUT2D eigenvalue weighted by Crippen LogP contribution is 2.18. The van der Waals surface area contributed by atoms with Crippen LogP contribution in [0.4, 0.5) is 0 Å². The molecule has 1 fully saturated rings. The Balaban J connectivity index is 1.96. The summed E-state index contributed by atoms with van der Waals surface area (Å²) in [6.45, 7) is 5.67. The minimum atomic E-state index is -0.460. The summed E-state index contributed by atoms with van der Waals surface area (Å²) < 4.78 is 10.4. The van der Waals surface area contributed by atoms with Crippen molar-refractivity contribution in [2.45, 2.75) is 38.5 Å². The Bertz CT molecular complexity index is 407. The van der Waals surface area contributed by atoms with Crippen molar-refractivity contribution in [1.82, 2.24) is 4.90 Å². The Kier molecular flexibility index (Phi) is 4.96. The molecule has 1 saturated heterocycles. The average Bonchev–Trinajstić information content (AvgIpc) is 2.89. The van der Waals surface area contributed by atoms with Crippen LogP contribution in [0.2, 0.25) is 0 Å². The maximum Gasteiger partial charge on any atom is 0.336 e. The first-order valence-electron chi connectivity index (χ1n) is 6.58. The first-order valence-corrected chi connectivity index (χ1v) is 7.53. The molecule has 0 spiro atoms. The minimum Gasteiger partial charge on any atom is -0.467 e. The molecule has 1 aliphatic heterocycles. The molecule has 0 amide bonds. The number of esters is 1. The highest BCUT2D eigenvalue weighted by molar-refractivity contribution is 7.07. The summed E-state index contributed by atoms with van der Waals surface area (Å²) in [6, 6.07) is 2.55. The number of ether oxygens (including phenoxy) is 2. The van der Waals surface area contributed by atoms with Crippen LogP contribution in [0.1, 0.15) is 19.4 Å². The summed E-state index contributed by atoms with van der Waals surface area (Å²) in [4.78, 5) is 13.9. The van der Waals surface area contributed by atoms with Gasteiger partial charge < -0.3 is 9.47 Å². The van der Waals surface area contributed by atoms with Crippen LogP contribution in [0.5, 0.6) is 0 Å². The zero-order chi connectivity index (χ0) is 13.8. The fourth-order valence-corrected chi connectivity index (χ4v) is 3.17. The van der Waals surface area contributed by atoms with E-state index in [-0.39, 0.29) is 12.1 Å². The predicted molar refractivity (Wildman–Crippen MR) is 75.4 cm³/mol. The SMILES string of the molecule is COC(=O)[C@H]1CN([C@H](C)Cc2ccsc2)C[C@@H](C)O1. The topological polar surface area (TPSA) is 38.8 Å². The van der Waals surface area contributed by atoms with Crippen molar-refractivity contribution in [3.8, 4) is 0 Å². The molecule has 2 rings (SSSR count). The molecule has 0 aromatic carbocycles. The summed E-state index contributed by atoms with van der Waals surface area (Å²) in [5, 5.41) is 4.28. The van der Waals surface area contributed by atoms with Gasteiger partial charge >= 0.3 is 5.97 Å². The van der Waals surface area contributed by atoms with Gasteiger partial charge in [-0.25, -0.2) is 4.79 Å². The summed E-state index contributed by atoms with van der Waals surface area (Å²) in [5.41, 5.74) is 1.35. The molecular weight excluding hydrogens is 262 g/mol. The highest BCUT2D eigenvalue weighted by atomic mass is 32.1. The number of hydrogen-bond donors (Lipinski definition) is 0. The zero-order valence-electron chi connectivity index (χ0n) is 11.7. The maximum absolute atomic E-state index is 11.6. The van der Waals surface area contributed by atoms with Crippen LogP contribution in [0.25, 0.3) is 0 Å². The summed E-state index contributed by atoms with van der Waals surface area (Å²) in [7, 11) is 1.41. The quantitative estimate of drug-likeness (QED) is 0.792. The molecule has 1 aromatic rings. The number of nitrogens with zero attached hydrogens (tertiary/aromatic N) is 1. The standard InChI is InChI=1S/C14H21NO3S/c1-10(6-12-4-5-19-9-12)15-7-11(2)18-13(8-15)14(16)17-3/h4-5,9-11,13H,6-8H2,1-3H3/t10-,11-,13-/m1/s1. The van der Waals surface area contributed by atoms with Crippen LogP contribution < -0.4 is 0 Å². The number of morpholine rings is 1. The largest absolute Gasteiger partial charge is 0.467 e. The van der Waals surface area contributed by atoms with Gasteiger partial charge in [-0.3, -0.25) is 4.90 Å². The number of thiophene rings is 1. The Morgan fingerprint density at radius 1 is 1.63 bits per heavy atom. The number of methoxy groups -OCH3 is 1. The van der Waals surface area contributed by atoms with E-state index in [0.29, 0.717) is 12.6 Å². The minimum absolute atomic E-state index is 0.0581. The second kappa shape index (κ2) is 6.50. The number of rotatable bonds is 4. The van der Waals surface area contributed by atoms with E-state index in [9.17, 15) is 4.79 Å². The van der Waals surface area contributed by atoms with E-state index >= 15 is 0 Å². The summed E-state index contributed by atoms with van der Waals surface area (Å²) in [5.74, 6) is -0.278. The molecule has 0 saturated carbocycles. The van der Waals surface area contributed by atoms with Crippen molar-refractivity contribution >= 4 is 17.3 Å². The fraction of sp³-hybridized carbons (Fsp3) is 0.643. The molecule has 1 aliphatic rings. The summed E-state index contributed by atoms with van der Waals surface area (Å²) in [6.07, 6.45) is 0.603. The molecule has 0 aliphatic carbocycles. The van der Waals surface area contributed by atoms with Crippen LogP contribution in [0.3, 0.4) is 0 Å². The molecule has 5 heteroatoms. The molecule has 0 N–H and O–H groups in total. The van der Waals surface area contributed by atoms with Gasteiger partial charge in [0.05, 0.1) is 13.2 Å². The van der Waals surface area contributed by atoms with Crippen LogP contribution in [0.15, 0.2) is 16.8 Å². The lowest BCUT2D eigenvalue weighted by Gasteiger charge is -2.38. The van der Waals surface area contributed by atoms with Gasteiger partial charge in [-0.05, 0) is 42.7 Å². The van der Waals surface area contributed by atoms with Gasteiger partial charge in [-0.1, -0.05) is 0 Å². The third kappa shape index (κ3) is 3.78. The molecule has 3 atom stereocenters. The van der Waals surface area contributed by atoms with Gasteiger partial charge in [0.15, 0.2) is 6.10 Å². The maximum atomic E-state index is 11.6. The van der Waals surface area contributed by atoms with Crippen molar-refractivity contribution in [3.05, 3.63) is 22.4 Å². The van der Waals surface area contributed by atoms with Crippen LogP contribution in [0, 0.1) is 0 Å². The van der Waals surface area contributed by atoms with E-state index in [0.717, 1.165) is 13.0 Å². The fourth-order valence-electron chi connectivity index (χ4n) is 2.48. The first kappa shape index (κ1) is 14.5. The van der Waals surface area contributed by atoms with Crippen molar-refractivity contribution < 1.29 is 14.3 Å². The Morgan fingerprint density at radius 3 is 3.05 bits per heavy atom. The van der Waals surface area contributed by atoms with Crippen LogP contribution in [-0.2, 0) is 20.7 Å². The lowest BCUT2D eigenvalue weighted by molar-refractivity contribution is -0.167. The van der Waals surface area contributed by atoms with E-state index in [1.807, 2.05) is 6.92 Å². The lowest BCUT2D eigenvalue weighted by Crippen LogP contribution is -2.53.